The topological polar surface area (TPSA) is 47.2 Å². The van der Waals surface area contributed by atoms with Gasteiger partial charge in [-0.15, -0.1) is 0 Å². The van der Waals surface area contributed by atoms with Gasteiger partial charge in [0.15, 0.2) is 17.3 Å². The fourth-order valence-electron chi connectivity index (χ4n) is 0.859. The maximum Gasteiger partial charge on any atom is 0.181 e. The molecule has 0 saturated carbocycles. The van der Waals surface area contributed by atoms with Crippen molar-refractivity contribution < 1.29 is 4.79 Å². The number of nitrogens with zero attached hydrogens (tertiary/aromatic N) is 3. The zero-order chi connectivity index (χ0) is 8.43. The molecule has 1 heterocycles. The second-order valence-electron chi connectivity index (χ2n) is 2.24. The molecule has 0 atom stereocenters. The van der Waals surface area contributed by atoms with Crippen molar-refractivity contribution >= 4 is 18.3 Å². The zero-order valence-electron chi connectivity index (χ0n) is 6.53. The summed E-state index contributed by atoms with van der Waals surface area (Å²) in [5, 5.41) is 0. The van der Waals surface area contributed by atoms with E-state index in [1.165, 1.54) is 6.92 Å². The Bertz CT molecular complexity index is 301. The van der Waals surface area contributed by atoms with E-state index in [1.54, 1.807) is 17.9 Å². The lowest BCUT2D eigenvalue weighted by Crippen LogP contribution is -1.93. The minimum Gasteiger partial charge on any atom is -0.318 e. The van der Waals surface area contributed by atoms with Crippen LogP contribution >= 0.6 is 0 Å². The van der Waals surface area contributed by atoms with Crippen molar-refractivity contribution in [3.63, 3.8) is 0 Å². The third-order valence-electron chi connectivity index (χ3n) is 1.39. The van der Waals surface area contributed by atoms with Crippen LogP contribution in [0.1, 0.15) is 17.4 Å². The van der Waals surface area contributed by atoms with E-state index >= 15 is 0 Å². The zero-order valence-corrected chi connectivity index (χ0v) is 6.53. The first-order valence-corrected chi connectivity index (χ1v) is 3.15. The number of aryl methyl sites for hydroxylation is 1. The molecule has 0 aliphatic rings. The van der Waals surface area contributed by atoms with Crippen LogP contribution in [0, 0.1) is 0 Å². The molecule has 1 aromatic heterocycles. The maximum atomic E-state index is 10.9. The standard InChI is InChI=1S/C7H9N3O/c1-5(11)6-7(8-2)10(3)4-9-6/h4H,2H2,1,3H3. The second-order valence-corrected chi connectivity index (χ2v) is 2.24. The summed E-state index contributed by atoms with van der Waals surface area (Å²) in [4.78, 5) is 18.4. The number of rotatable bonds is 2. The molecule has 1 aromatic rings. The molecule has 4 nitrogen and oxygen atoms in total. The Morgan fingerprint density at radius 1 is 1.82 bits per heavy atom. The van der Waals surface area contributed by atoms with Crippen LogP contribution in [0.2, 0.25) is 0 Å². The van der Waals surface area contributed by atoms with E-state index in [-0.39, 0.29) is 5.78 Å². The molecule has 0 N–H and O–H groups in total. The van der Waals surface area contributed by atoms with Gasteiger partial charge in [0.05, 0.1) is 6.33 Å². The summed E-state index contributed by atoms with van der Waals surface area (Å²) in [5.74, 6) is 0.436. The first-order valence-electron chi connectivity index (χ1n) is 3.15. The average molecular weight is 151 g/mol. The molecule has 0 aromatic carbocycles. The van der Waals surface area contributed by atoms with Crippen LogP contribution in [0.3, 0.4) is 0 Å². The SMILES string of the molecule is C=Nc1c(C(C)=O)ncn1C. The quantitative estimate of drug-likeness (QED) is 0.466. The van der Waals surface area contributed by atoms with Crippen LogP contribution in [0.15, 0.2) is 11.3 Å². The van der Waals surface area contributed by atoms with Crippen molar-refractivity contribution in [3.8, 4) is 0 Å². The molecule has 58 valence electrons. The smallest absolute Gasteiger partial charge is 0.181 e. The van der Waals surface area contributed by atoms with Crippen LogP contribution in [0.25, 0.3) is 0 Å². The van der Waals surface area contributed by atoms with Crippen molar-refractivity contribution in [1.29, 1.82) is 0 Å². The fraction of sp³-hybridized carbons (Fsp3) is 0.286. The Balaban J connectivity index is 3.26. The van der Waals surface area contributed by atoms with Crippen LogP contribution in [-0.2, 0) is 7.05 Å². The molecular weight excluding hydrogens is 142 g/mol. The van der Waals surface area contributed by atoms with Gasteiger partial charge >= 0.3 is 0 Å². The predicted octanol–water partition coefficient (Wildman–Crippen LogP) is 0.955. The van der Waals surface area contributed by atoms with Gasteiger partial charge in [-0.3, -0.25) is 4.79 Å². The molecule has 4 heteroatoms. The molecule has 11 heavy (non-hydrogen) atoms. The molecule has 0 spiro atoms. The Labute approximate surface area is 64.6 Å². The number of aromatic nitrogens is 2. The highest BCUT2D eigenvalue weighted by Gasteiger charge is 2.10. The number of ketones is 1. The summed E-state index contributed by atoms with van der Waals surface area (Å²) < 4.78 is 1.66. The number of aliphatic imine (C=N–C) groups is 1. The third kappa shape index (κ3) is 1.19. The lowest BCUT2D eigenvalue weighted by molar-refractivity contribution is 0.101. The van der Waals surface area contributed by atoms with Gasteiger partial charge in [-0.1, -0.05) is 0 Å². The van der Waals surface area contributed by atoms with E-state index in [0.717, 1.165) is 0 Å². The highest BCUT2D eigenvalue weighted by molar-refractivity contribution is 5.96. The summed E-state index contributed by atoms with van der Waals surface area (Å²) >= 11 is 0. The number of imidazole rings is 1. The first-order chi connectivity index (χ1) is 5.16. The van der Waals surface area contributed by atoms with Crippen LogP contribution in [0.4, 0.5) is 5.82 Å². The normalized spacial score (nSPS) is 9.64. The number of carbonyl (C=O) groups is 1. The first kappa shape index (κ1) is 7.65. The minimum absolute atomic E-state index is 0.0898. The largest absolute Gasteiger partial charge is 0.318 e. The monoisotopic (exact) mass is 151 g/mol. The number of Topliss-reactive ketones (excluding diaryl/α,β-unsaturated/α-hetero) is 1. The van der Waals surface area contributed by atoms with E-state index in [1.807, 2.05) is 0 Å². The summed E-state index contributed by atoms with van der Waals surface area (Å²) in [5.41, 5.74) is 0.377. The van der Waals surface area contributed by atoms with Gasteiger partial charge in [-0.25, -0.2) is 9.98 Å². The molecular formula is C7H9N3O. The number of hydrogen-bond donors (Lipinski definition) is 0. The van der Waals surface area contributed by atoms with Crippen LogP contribution in [-0.4, -0.2) is 22.1 Å². The molecule has 0 amide bonds. The molecule has 0 radical (unpaired) electrons. The lowest BCUT2D eigenvalue weighted by atomic mass is 10.3. The molecule has 0 fully saturated rings. The average Bonchev–Trinajstić information content (AvgIpc) is 2.30. The highest BCUT2D eigenvalue weighted by Crippen LogP contribution is 2.15. The van der Waals surface area contributed by atoms with Gasteiger partial charge in [0.2, 0.25) is 0 Å². The number of carbonyl (C=O) groups excluding carboxylic acids is 1. The van der Waals surface area contributed by atoms with E-state index in [0.29, 0.717) is 11.5 Å². The third-order valence-corrected chi connectivity index (χ3v) is 1.39. The fourth-order valence-corrected chi connectivity index (χ4v) is 0.859. The van der Waals surface area contributed by atoms with E-state index in [2.05, 4.69) is 16.7 Å². The predicted molar refractivity (Wildman–Crippen MR) is 42.4 cm³/mol. The van der Waals surface area contributed by atoms with Gasteiger partial charge in [-0.2, -0.15) is 0 Å². The second kappa shape index (κ2) is 2.65. The van der Waals surface area contributed by atoms with Crippen molar-refractivity contribution in [3.05, 3.63) is 12.0 Å². The van der Waals surface area contributed by atoms with Gasteiger partial charge in [0, 0.05) is 14.0 Å². The summed E-state index contributed by atoms with van der Waals surface area (Å²) in [7, 11) is 1.77. The van der Waals surface area contributed by atoms with Crippen molar-refractivity contribution in [2.45, 2.75) is 6.92 Å². The molecule has 0 bridgehead atoms. The number of hydrogen-bond acceptors (Lipinski definition) is 3. The van der Waals surface area contributed by atoms with E-state index in [9.17, 15) is 4.79 Å². The van der Waals surface area contributed by atoms with Gasteiger partial charge in [0.25, 0.3) is 0 Å². The Morgan fingerprint density at radius 2 is 2.45 bits per heavy atom. The van der Waals surface area contributed by atoms with Crippen LogP contribution in [0.5, 0.6) is 0 Å². The molecule has 0 unspecified atom stereocenters. The molecule has 0 aliphatic heterocycles. The van der Waals surface area contributed by atoms with Crippen molar-refractivity contribution in [1.82, 2.24) is 9.55 Å². The van der Waals surface area contributed by atoms with Crippen molar-refractivity contribution in [2.75, 3.05) is 0 Å². The van der Waals surface area contributed by atoms with Gasteiger partial charge in [-0.05, 0) is 6.72 Å². The molecule has 0 saturated heterocycles. The minimum atomic E-state index is -0.0898. The lowest BCUT2D eigenvalue weighted by Gasteiger charge is -1.94. The Morgan fingerprint density at radius 3 is 2.82 bits per heavy atom. The Kier molecular flexibility index (Phi) is 1.85. The van der Waals surface area contributed by atoms with Gasteiger partial charge < -0.3 is 4.57 Å². The van der Waals surface area contributed by atoms with Crippen molar-refractivity contribution in [2.24, 2.45) is 12.0 Å². The maximum absolute atomic E-state index is 10.9. The van der Waals surface area contributed by atoms with E-state index in [4.69, 9.17) is 0 Å². The summed E-state index contributed by atoms with van der Waals surface area (Å²) in [6, 6.07) is 0. The van der Waals surface area contributed by atoms with E-state index < -0.39 is 0 Å². The molecule has 1 rings (SSSR count). The summed E-state index contributed by atoms with van der Waals surface area (Å²) in [6.07, 6.45) is 1.54. The Hall–Kier alpha value is -1.45. The summed E-state index contributed by atoms with van der Waals surface area (Å²) in [6.45, 7) is 4.80. The van der Waals surface area contributed by atoms with Gasteiger partial charge in [0.1, 0.15) is 0 Å². The van der Waals surface area contributed by atoms with Crippen LogP contribution < -0.4 is 0 Å². The molecule has 0 aliphatic carbocycles. The highest BCUT2D eigenvalue weighted by atomic mass is 16.1.